The van der Waals surface area contributed by atoms with E-state index in [-0.39, 0.29) is 5.92 Å². The highest BCUT2D eigenvalue weighted by Gasteiger charge is 2.32. The number of nitrogens with one attached hydrogen (secondary N) is 3. The lowest BCUT2D eigenvalue weighted by Gasteiger charge is -2.26. The number of hydrogen-bond acceptors (Lipinski definition) is 7. The molecule has 0 aromatic rings. The molecular formula is C15H28N4O7. The standard InChI is InChI=1S/C15H28N4O7/c1-6(2)10(18-12(22)7(3)16)14(24)17-9(5-20)13(23)19-11(8(4)21)15(25)26/h6-11,20-21H,5,16H2,1-4H3,(H,17,24)(H,18,22)(H,19,23)(H,25,26). The van der Waals surface area contributed by atoms with E-state index in [1.165, 1.54) is 13.8 Å². The summed E-state index contributed by atoms with van der Waals surface area (Å²) in [5, 5.41) is 34.4. The van der Waals surface area contributed by atoms with Crippen LogP contribution in [0, 0.1) is 5.92 Å². The summed E-state index contributed by atoms with van der Waals surface area (Å²) in [6.07, 6.45) is -1.39. The van der Waals surface area contributed by atoms with Crippen molar-refractivity contribution in [3.8, 4) is 0 Å². The number of carboxylic acid groups (broad SMARTS) is 1. The van der Waals surface area contributed by atoms with Crippen molar-refractivity contribution in [2.75, 3.05) is 6.61 Å². The van der Waals surface area contributed by atoms with Gasteiger partial charge in [-0.1, -0.05) is 13.8 Å². The van der Waals surface area contributed by atoms with Gasteiger partial charge in [-0.2, -0.15) is 0 Å². The van der Waals surface area contributed by atoms with E-state index in [0.29, 0.717) is 0 Å². The molecule has 8 N–H and O–H groups in total. The molecule has 0 fully saturated rings. The zero-order chi connectivity index (χ0) is 20.6. The molecule has 26 heavy (non-hydrogen) atoms. The van der Waals surface area contributed by atoms with Gasteiger partial charge in [0.05, 0.1) is 18.8 Å². The first-order valence-corrected chi connectivity index (χ1v) is 8.10. The lowest BCUT2D eigenvalue weighted by molar-refractivity contribution is -0.145. The molecule has 11 heteroatoms. The molecule has 0 radical (unpaired) electrons. The first-order valence-electron chi connectivity index (χ1n) is 8.10. The van der Waals surface area contributed by atoms with Gasteiger partial charge in [-0.15, -0.1) is 0 Å². The topological polar surface area (TPSA) is 191 Å². The van der Waals surface area contributed by atoms with Gasteiger partial charge < -0.3 is 37.0 Å². The van der Waals surface area contributed by atoms with Crippen LogP contribution in [0.4, 0.5) is 0 Å². The summed E-state index contributed by atoms with van der Waals surface area (Å²) in [5.74, 6) is -4.11. The Morgan fingerprint density at radius 2 is 1.38 bits per heavy atom. The molecule has 3 amide bonds. The fourth-order valence-corrected chi connectivity index (χ4v) is 1.92. The average Bonchev–Trinajstić information content (AvgIpc) is 2.53. The number of carboxylic acids is 1. The number of nitrogens with two attached hydrogens (primary N) is 1. The largest absolute Gasteiger partial charge is 0.480 e. The fraction of sp³-hybridized carbons (Fsp3) is 0.733. The van der Waals surface area contributed by atoms with Crippen LogP contribution in [0.25, 0.3) is 0 Å². The Morgan fingerprint density at radius 3 is 1.73 bits per heavy atom. The molecule has 0 aromatic carbocycles. The number of rotatable bonds is 10. The monoisotopic (exact) mass is 376 g/mol. The van der Waals surface area contributed by atoms with E-state index in [1.54, 1.807) is 13.8 Å². The smallest absolute Gasteiger partial charge is 0.328 e. The van der Waals surface area contributed by atoms with E-state index < -0.39 is 60.6 Å². The summed E-state index contributed by atoms with van der Waals surface area (Å²) in [6, 6.07) is -4.92. The SMILES string of the molecule is CC(N)C(=O)NC(C(=O)NC(CO)C(=O)NC(C(=O)O)C(C)O)C(C)C. The van der Waals surface area contributed by atoms with Crippen molar-refractivity contribution in [2.24, 2.45) is 11.7 Å². The highest BCUT2D eigenvalue weighted by Crippen LogP contribution is 2.03. The quantitative estimate of drug-likeness (QED) is 0.208. The van der Waals surface area contributed by atoms with Crippen LogP contribution in [0.3, 0.4) is 0 Å². The lowest BCUT2D eigenvalue weighted by atomic mass is 10.0. The zero-order valence-corrected chi connectivity index (χ0v) is 15.2. The molecule has 0 aromatic heterocycles. The third-order valence-corrected chi connectivity index (χ3v) is 3.52. The summed E-state index contributed by atoms with van der Waals surface area (Å²) in [6.45, 7) is 5.12. The Kier molecular flexibility index (Phi) is 9.76. The van der Waals surface area contributed by atoms with Crippen LogP contribution >= 0.6 is 0 Å². The molecule has 0 aliphatic carbocycles. The van der Waals surface area contributed by atoms with Crippen LogP contribution in [-0.4, -0.2) is 75.9 Å². The van der Waals surface area contributed by atoms with Gasteiger partial charge in [0.15, 0.2) is 6.04 Å². The Labute approximate surface area is 151 Å². The van der Waals surface area contributed by atoms with Gasteiger partial charge in [0.2, 0.25) is 17.7 Å². The van der Waals surface area contributed by atoms with E-state index in [0.717, 1.165) is 0 Å². The predicted molar refractivity (Wildman–Crippen MR) is 90.7 cm³/mol. The molecule has 0 heterocycles. The van der Waals surface area contributed by atoms with Crippen LogP contribution in [0.5, 0.6) is 0 Å². The molecule has 0 saturated heterocycles. The second-order valence-corrected chi connectivity index (χ2v) is 6.33. The van der Waals surface area contributed by atoms with Crippen molar-refractivity contribution in [1.29, 1.82) is 0 Å². The number of aliphatic carboxylic acids is 1. The van der Waals surface area contributed by atoms with E-state index in [1.807, 2.05) is 5.32 Å². The molecule has 5 unspecified atom stereocenters. The minimum Gasteiger partial charge on any atom is -0.480 e. The van der Waals surface area contributed by atoms with Gasteiger partial charge in [-0.05, 0) is 19.8 Å². The third kappa shape index (κ3) is 7.33. The molecular weight excluding hydrogens is 348 g/mol. The van der Waals surface area contributed by atoms with Crippen LogP contribution in [0.15, 0.2) is 0 Å². The van der Waals surface area contributed by atoms with Gasteiger partial charge in [-0.3, -0.25) is 14.4 Å². The minimum atomic E-state index is -1.60. The molecule has 11 nitrogen and oxygen atoms in total. The fourth-order valence-electron chi connectivity index (χ4n) is 1.92. The number of hydrogen-bond donors (Lipinski definition) is 7. The van der Waals surface area contributed by atoms with E-state index in [9.17, 15) is 29.4 Å². The van der Waals surface area contributed by atoms with Crippen molar-refractivity contribution in [1.82, 2.24) is 16.0 Å². The summed E-state index contributed by atoms with van der Waals surface area (Å²) in [5.41, 5.74) is 5.44. The second-order valence-electron chi connectivity index (χ2n) is 6.33. The second kappa shape index (κ2) is 10.7. The molecule has 150 valence electrons. The lowest BCUT2D eigenvalue weighted by Crippen LogP contribution is -2.60. The van der Waals surface area contributed by atoms with Gasteiger partial charge in [0, 0.05) is 0 Å². The number of carbonyl (C=O) groups excluding carboxylic acids is 3. The third-order valence-electron chi connectivity index (χ3n) is 3.52. The van der Waals surface area contributed by atoms with Crippen molar-refractivity contribution in [3.63, 3.8) is 0 Å². The van der Waals surface area contributed by atoms with Crippen LogP contribution < -0.4 is 21.7 Å². The molecule has 0 aliphatic rings. The number of amides is 3. The average molecular weight is 376 g/mol. The van der Waals surface area contributed by atoms with Crippen LogP contribution in [0.2, 0.25) is 0 Å². The molecule has 0 spiro atoms. The van der Waals surface area contributed by atoms with Crippen LogP contribution in [0.1, 0.15) is 27.7 Å². The van der Waals surface area contributed by atoms with Gasteiger partial charge in [0.25, 0.3) is 0 Å². The Hall–Kier alpha value is -2.24. The molecule has 5 atom stereocenters. The number of aliphatic hydroxyl groups is 2. The summed E-state index contributed by atoms with van der Waals surface area (Å²) < 4.78 is 0. The summed E-state index contributed by atoms with van der Waals surface area (Å²) >= 11 is 0. The normalized spacial score (nSPS) is 16.8. The Morgan fingerprint density at radius 1 is 0.885 bits per heavy atom. The minimum absolute atomic E-state index is 0.343. The maximum absolute atomic E-state index is 12.3. The zero-order valence-electron chi connectivity index (χ0n) is 15.2. The summed E-state index contributed by atoms with van der Waals surface area (Å²) in [4.78, 5) is 47.1. The molecule has 0 rings (SSSR count). The highest BCUT2D eigenvalue weighted by atomic mass is 16.4. The van der Waals surface area contributed by atoms with Crippen LogP contribution in [-0.2, 0) is 19.2 Å². The van der Waals surface area contributed by atoms with Crippen molar-refractivity contribution in [3.05, 3.63) is 0 Å². The van der Waals surface area contributed by atoms with Crippen molar-refractivity contribution >= 4 is 23.7 Å². The first kappa shape index (κ1) is 23.8. The Balaban J connectivity index is 5.10. The van der Waals surface area contributed by atoms with E-state index in [2.05, 4.69) is 10.6 Å². The van der Waals surface area contributed by atoms with E-state index >= 15 is 0 Å². The van der Waals surface area contributed by atoms with Crippen molar-refractivity contribution in [2.45, 2.75) is 58.0 Å². The maximum atomic E-state index is 12.3. The maximum Gasteiger partial charge on any atom is 0.328 e. The number of carbonyl (C=O) groups is 4. The first-order chi connectivity index (χ1) is 11.9. The highest BCUT2D eigenvalue weighted by molar-refractivity contribution is 5.94. The molecule has 0 saturated carbocycles. The summed E-state index contributed by atoms with van der Waals surface area (Å²) in [7, 11) is 0. The van der Waals surface area contributed by atoms with Gasteiger partial charge in [0.1, 0.15) is 12.1 Å². The number of aliphatic hydroxyl groups excluding tert-OH is 2. The van der Waals surface area contributed by atoms with Crippen molar-refractivity contribution < 1.29 is 34.5 Å². The van der Waals surface area contributed by atoms with E-state index in [4.69, 9.17) is 10.8 Å². The molecule has 0 aliphatic heterocycles. The molecule has 0 bridgehead atoms. The Bertz CT molecular complexity index is 522. The van der Waals surface area contributed by atoms with Gasteiger partial charge >= 0.3 is 5.97 Å². The predicted octanol–water partition coefficient (Wildman–Crippen LogP) is -3.10. The van der Waals surface area contributed by atoms with Gasteiger partial charge in [-0.25, -0.2) is 4.79 Å².